The fourth-order valence-corrected chi connectivity index (χ4v) is 1.34. The normalized spacial score (nSPS) is 16.7. The third-order valence-corrected chi connectivity index (χ3v) is 2.27. The van der Waals surface area contributed by atoms with Gasteiger partial charge in [-0.05, 0) is 38.9 Å². The molecule has 0 aromatic rings. The summed E-state index contributed by atoms with van der Waals surface area (Å²) in [5.74, 6) is -0.0395. The lowest BCUT2D eigenvalue weighted by Crippen LogP contribution is -2.37. The highest BCUT2D eigenvalue weighted by atomic mass is 16.5. The van der Waals surface area contributed by atoms with E-state index in [1.807, 2.05) is 6.92 Å². The van der Waals surface area contributed by atoms with Crippen LogP contribution < -0.4 is 0 Å². The number of carbonyl (C=O) groups is 1. The van der Waals surface area contributed by atoms with E-state index < -0.39 is 0 Å². The molecular weight excluding hydrogens is 166 g/mol. The number of hydrogen-bond donors (Lipinski definition) is 0. The maximum absolute atomic E-state index is 11.0. The van der Waals surface area contributed by atoms with Crippen molar-refractivity contribution in [2.45, 2.75) is 32.6 Å². The van der Waals surface area contributed by atoms with E-state index in [-0.39, 0.29) is 5.97 Å². The molecule has 0 spiro atoms. The summed E-state index contributed by atoms with van der Waals surface area (Å²) >= 11 is 0. The number of nitrogens with zero attached hydrogens (tertiary/aromatic N) is 1. The SMILES string of the molecule is CCCOC(=O)CCCN1CCC1. The summed E-state index contributed by atoms with van der Waals surface area (Å²) in [4.78, 5) is 13.4. The van der Waals surface area contributed by atoms with Gasteiger partial charge >= 0.3 is 5.97 Å². The lowest BCUT2D eigenvalue weighted by molar-refractivity contribution is -0.143. The van der Waals surface area contributed by atoms with Crippen LogP contribution >= 0.6 is 0 Å². The summed E-state index contributed by atoms with van der Waals surface area (Å²) in [6, 6.07) is 0. The van der Waals surface area contributed by atoms with Crippen LogP contribution in [0.4, 0.5) is 0 Å². The van der Waals surface area contributed by atoms with E-state index in [2.05, 4.69) is 4.90 Å². The number of esters is 1. The van der Waals surface area contributed by atoms with E-state index in [0.29, 0.717) is 13.0 Å². The second kappa shape index (κ2) is 5.97. The van der Waals surface area contributed by atoms with Crippen LogP contribution in [0, 0.1) is 0 Å². The van der Waals surface area contributed by atoms with Crippen LogP contribution in [0.3, 0.4) is 0 Å². The van der Waals surface area contributed by atoms with Gasteiger partial charge in [-0.25, -0.2) is 0 Å². The molecule has 1 aliphatic heterocycles. The van der Waals surface area contributed by atoms with Crippen LogP contribution in [-0.4, -0.2) is 37.1 Å². The first-order valence-electron chi connectivity index (χ1n) is 5.21. The van der Waals surface area contributed by atoms with Crippen molar-refractivity contribution < 1.29 is 9.53 Å². The van der Waals surface area contributed by atoms with Crippen molar-refractivity contribution in [3.63, 3.8) is 0 Å². The standard InChI is InChI=1S/C10H19NO2/c1-2-9-13-10(12)5-3-6-11-7-4-8-11/h2-9H2,1H3. The van der Waals surface area contributed by atoms with Gasteiger partial charge in [0.25, 0.3) is 0 Å². The molecule has 0 aromatic carbocycles. The molecule has 0 unspecified atom stereocenters. The Morgan fingerprint density at radius 2 is 2.23 bits per heavy atom. The molecule has 0 bridgehead atoms. The number of likely N-dealkylation sites (tertiary alicyclic amines) is 1. The van der Waals surface area contributed by atoms with E-state index >= 15 is 0 Å². The highest BCUT2D eigenvalue weighted by Crippen LogP contribution is 2.07. The molecule has 0 saturated carbocycles. The van der Waals surface area contributed by atoms with Crippen LogP contribution in [0.15, 0.2) is 0 Å². The van der Waals surface area contributed by atoms with Crippen LogP contribution in [0.1, 0.15) is 32.6 Å². The summed E-state index contributed by atoms with van der Waals surface area (Å²) in [6.07, 6.45) is 3.76. The maximum Gasteiger partial charge on any atom is 0.305 e. The fourth-order valence-electron chi connectivity index (χ4n) is 1.34. The topological polar surface area (TPSA) is 29.5 Å². The molecule has 3 nitrogen and oxygen atoms in total. The van der Waals surface area contributed by atoms with Crippen LogP contribution in [-0.2, 0) is 9.53 Å². The van der Waals surface area contributed by atoms with Gasteiger partial charge in [0.1, 0.15) is 0 Å². The van der Waals surface area contributed by atoms with E-state index in [9.17, 15) is 4.79 Å². The Bertz CT molecular complexity index is 155. The molecule has 1 aliphatic rings. The Morgan fingerprint density at radius 1 is 1.46 bits per heavy atom. The lowest BCUT2D eigenvalue weighted by atomic mass is 10.2. The molecule has 0 radical (unpaired) electrons. The maximum atomic E-state index is 11.0. The van der Waals surface area contributed by atoms with Gasteiger partial charge in [-0.1, -0.05) is 6.92 Å². The Morgan fingerprint density at radius 3 is 2.77 bits per heavy atom. The Hall–Kier alpha value is -0.570. The average molecular weight is 185 g/mol. The summed E-state index contributed by atoms with van der Waals surface area (Å²) in [5.41, 5.74) is 0. The molecule has 1 saturated heterocycles. The van der Waals surface area contributed by atoms with Crippen molar-refractivity contribution in [3.8, 4) is 0 Å². The zero-order valence-corrected chi connectivity index (χ0v) is 8.42. The lowest BCUT2D eigenvalue weighted by Gasteiger charge is -2.30. The third kappa shape index (κ3) is 4.27. The van der Waals surface area contributed by atoms with Crippen molar-refractivity contribution in [2.75, 3.05) is 26.2 Å². The van der Waals surface area contributed by atoms with Crippen LogP contribution in [0.5, 0.6) is 0 Å². The van der Waals surface area contributed by atoms with Gasteiger partial charge in [-0.15, -0.1) is 0 Å². The Kier molecular flexibility index (Phi) is 4.83. The third-order valence-electron chi connectivity index (χ3n) is 2.27. The summed E-state index contributed by atoms with van der Waals surface area (Å²) in [5, 5.41) is 0. The van der Waals surface area contributed by atoms with Crippen molar-refractivity contribution in [1.82, 2.24) is 4.90 Å². The van der Waals surface area contributed by atoms with Crippen molar-refractivity contribution in [2.24, 2.45) is 0 Å². The minimum Gasteiger partial charge on any atom is -0.466 e. The first-order chi connectivity index (χ1) is 6.33. The predicted octanol–water partition coefficient (Wildman–Crippen LogP) is 1.43. The molecule has 1 fully saturated rings. The predicted molar refractivity (Wildman–Crippen MR) is 51.5 cm³/mol. The average Bonchev–Trinajstić information content (AvgIpc) is 2.06. The molecule has 1 rings (SSSR count). The van der Waals surface area contributed by atoms with Gasteiger partial charge in [0.2, 0.25) is 0 Å². The number of ether oxygens (including phenoxy) is 1. The van der Waals surface area contributed by atoms with E-state index in [1.54, 1.807) is 0 Å². The Labute approximate surface area is 80.1 Å². The molecule has 0 aromatic heterocycles. The summed E-state index contributed by atoms with van der Waals surface area (Å²) < 4.78 is 4.97. The number of hydrogen-bond acceptors (Lipinski definition) is 3. The minimum atomic E-state index is -0.0395. The summed E-state index contributed by atoms with van der Waals surface area (Å²) in [6.45, 7) is 6.06. The summed E-state index contributed by atoms with van der Waals surface area (Å²) in [7, 11) is 0. The van der Waals surface area contributed by atoms with Crippen molar-refractivity contribution in [3.05, 3.63) is 0 Å². The van der Waals surface area contributed by atoms with Gasteiger partial charge in [-0.2, -0.15) is 0 Å². The first-order valence-corrected chi connectivity index (χ1v) is 5.21. The molecular formula is C10H19NO2. The van der Waals surface area contributed by atoms with Crippen LogP contribution in [0.25, 0.3) is 0 Å². The van der Waals surface area contributed by atoms with Gasteiger partial charge in [0.15, 0.2) is 0 Å². The van der Waals surface area contributed by atoms with Gasteiger partial charge in [-0.3, -0.25) is 4.79 Å². The number of carbonyl (C=O) groups excluding carboxylic acids is 1. The van der Waals surface area contributed by atoms with Crippen molar-refractivity contribution in [1.29, 1.82) is 0 Å². The molecule has 13 heavy (non-hydrogen) atoms. The fraction of sp³-hybridized carbons (Fsp3) is 0.900. The van der Waals surface area contributed by atoms with Gasteiger partial charge < -0.3 is 9.64 Å². The monoisotopic (exact) mass is 185 g/mol. The van der Waals surface area contributed by atoms with Crippen molar-refractivity contribution >= 4 is 5.97 Å². The zero-order chi connectivity index (χ0) is 9.52. The van der Waals surface area contributed by atoms with Crippen LogP contribution in [0.2, 0.25) is 0 Å². The van der Waals surface area contributed by atoms with Gasteiger partial charge in [0.05, 0.1) is 6.61 Å². The molecule has 1 heterocycles. The van der Waals surface area contributed by atoms with Gasteiger partial charge in [0, 0.05) is 6.42 Å². The van der Waals surface area contributed by atoms with E-state index in [1.165, 1.54) is 19.5 Å². The van der Waals surface area contributed by atoms with E-state index in [4.69, 9.17) is 4.74 Å². The Balaban J connectivity index is 1.88. The molecule has 0 N–H and O–H groups in total. The smallest absolute Gasteiger partial charge is 0.305 e. The minimum absolute atomic E-state index is 0.0395. The second-order valence-electron chi connectivity index (χ2n) is 3.52. The quantitative estimate of drug-likeness (QED) is 0.586. The molecule has 76 valence electrons. The van der Waals surface area contributed by atoms with E-state index in [0.717, 1.165) is 19.4 Å². The molecule has 0 amide bonds. The molecule has 0 aliphatic carbocycles. The molecule has 3 heteroatoms. The zero-order valence-electron chi connectivity index (χ0n) is 8.42. The highest BCUT2D eigenvalue weighted by Gasteiger charge is 2.13. The first kappa shape index (κ1) is 10.5. The largest absolute Gasteiger partial charge is 0.466 e. The second-order valence-corrected chi connectivity index (χ2v) is 3.52. The highest BCUT2D eigenvalue weighted by molar-refractivity contribution is 5.69. The number of rotatable bonds is 6. The molecule has 0 atom stereocenters.